The van der Waals surface area contributed by atoms with Gasteiger partial charge in [0.1, 0.15) is 12.7 Å². The van der Waals surface area contributed by atoms with Crippen LogP contribution in [0.1, 0.15) is 26.7 Å². The molecule has 0 amide bonds. The summed E-state index contributed by atoms with van der Waals surface area (Å²) in [5.74, 6) is 0.764. The fourth-order valence-corrected chi connectivity index (χ4v) is 2.52. The molecule has 3 heterocycles. The highest BCUT2D eigenvalue weighted by molar-refractivity contribution is 5.44. The zero-order chi connectivity index (χ0) is 14.0. The molecule has 1 N–H and O–H groups in total. The molecule has 0 aromatic carbocycles. The van der Waals surface area contributed by atoms with Gasteiger partial charge < -0.3 is 10.1 Å². The SMILES string of the molecule is CC1(C)CC(Nc2ccc(-n3cncn3)nc2)CCO1. The molecule has 1 saturated heterocycles. The number of hydrogen-bond acceptors (Lipinski definition) is 5. The first kappa shape index (κ1) is 13.1. The highest BCUT2D eigenvalue weighted by Gasteiger charge is 2.28. The lowest BCUT2D eigenvalue weighted by Crippen LogP contribution is -2.40. The molecule has 0 bridgehead atoms. The van der Waals surface area contributed by atoms with Crippen LogP contribution in [-0.2, 0) is 4.74 Å². The molecular formula is C14H19N5O. The molecule has 2 aromatic heterocycles. The lowest BCUT2D eigenvalue weighted by atomic mass is 9.94. The van der Waals surface area contributed by atoms with Crippen molar-refractivity contribution in [2.75, 3.05) is 11.9 Å². The average Bonchev–Trinajstić information content (AvgIpc) is 2.92. The Bertz CT molecular complexity index is 549. The van der Waals surface area contributed by atoms with Crippen molar-refractivity contribution in [1.82, 2.24) is 19.7 Å². The smallest absolute Gasteiger partial charge is 0.155 e. The quantitative estimate of drug-likeness (QED) is 0.927. The first-order chi connectivity index (χ1) is 9.62. The molecule has 20 heavy (non-hydrogen) atoms. The molecule has 1 fully saturated rings. The van der Waals surface area contributed by atoms with E-state index in [0.717, 1.165) is 31.0 Å². The summed E-state index contributed by atoms with van der Waals surface area (Å²) in [6.45, 7) is 5.06. The third-order valence-electron chi connectivity index (χ3n) is 3.47. The van der Waals surface area contributed by atoms with E-state index in [-0.39, 0.29) is 5.60 Å². The first-order valence-corrected chi connectivity index (χ1v) is 6.84. The number of nitrogens with one attached hydrogen (secondary N) is 1. The van der Waals surface area contributed by atoms with Crippen LogP contribution in [0.2, 0.25) is 0 Å². The van der Waals surface area contributed by atoms with Gasteiger partial charge in [-0.1, -0.05) is 0 Å². The van der Waals surface area contributed by atoms with E-state index in [1.807, 2.05) is 18.3 Å². The second kappa shape index (κ2) is 5.20. The highest BCUT2D eigenvalue weighted by atomic mass is 16.5. The van der Waals surface area contributed by atoms with Gasteiger partial charge in [-0.25, -0.2) is 14.6 Å². The second-order valence-corrected chi connectivity index (χ2v) is 5.69. The fourth-order valence-electron chi connectivity index (χ4n) is 2.52. The highest BCUT2D eigenvalue weighted by Crippen LogP contribution is 2.26. The molecule has 1 aliphatic rings. The zero-order valence-corrected chi connectivity index (χ0v) is 11.8. The van der Waals surface area contributed by atoms with E-state index in [1.54, 1.807) is 11.0 Å². The molecule has 2 aromatic rings. The van der Waals surface area contributed by atoms with Crippen molar-refractivity contribution in [3.05, 3.63) is 31.0 Å². The van der Waals surface area contributed by atoms with Crippen molar-refractivity contribution in [3.63, 3.8) is 0 Å². The fraction of sp³-hybridized carbons (Fsp3) is 0.500. The van der Waals surface area contributed by atoms with Gasteiger partial charge in [0.25, 0.3) is 0 Å². The van der Waals surface area contributed by atoms with E-state index in [4.69, 9.17) is 4.74 Å². The Morgan fingerprint density at radius 3 is 2.95 bits per heavy atom. The Hall–Kier alpha value is -1.95. The van der Waals surface area contributed by atoms with Gasteiger partial charge in [0.05, 0.1) is 17.5 Å². The van der Waals surface area contributed by atoms with E-state index in [9.17, 15) is 0 Å². The van der Waals surface area contributed by atoms with Crippen molar-refractivity contribution >= 4 is 5.69 Å². The summed E-state index contributed by atoms with van der Waals surface area (Å²) < 4.78 is 7.37. The van der Waals surface area contributed by atoms with Crippen LogP contribution in [0, 0.1) is 0 Å². The van der Waals surface area contributed by atoms with Gasteiger partial charge in [-0.2, -0.15) is 5.10 Å². The van der Waals surface area contributed by atoms with E-state index in [0.29, 0.717) is 6.04 Å². The average molecular weight is 273 g/mol. The minimum Gasteiger partial charge on any atom is -0.381 e. The summed E-state index contributed by atoms with van der Waals surface area (Å²) in [5, 5.41) is 7.58. The largest absolute Gasteiger partial charge is 0.381 e. The number of aromatic nitrogens is 4. The van der Waals surface area contributed by atoms with Gasteiger partial charge in [0, 0.05) is 12.6 Å². The van der Waals surface area contributed by atoms with Gasteiger partial charge in [0.2, 0.25) is 0 Å². The normalized spacial score (nSPS) is 21.6. The van der Waals surface area contributed by atoms with Crippen molar-refractivity contribution in [1.29, 1.82) is 0 Å². The Kier molecular flexibility index (Phi) is 3.40. The molecule has 1 aliphatic heterocycles. The molecule has 0 saturated carbocycles. The van der Waals surface area contributed by atoms with Gasteiger partial charge in [-0.05, 0) is 38.8 Å². The monoisotopic (exact) mass is 273 g/mol. The van der Waals surface area contributed by atoms with Crippen LogP contribution in [0.25, 0.3) is 5.82 Å². The lowest BCUT2D eigenvalue weighted by molar-refractivity contribution is -0.0553. The van der Waals surface area contributed by atoms with Crippen molar-refractivity contribution in [2.24, 2.45) is 0 Å². The zero-order valence-electron chi connectivity index (χ0n) is 11.8. The van der Waals surface area contributed by atoms with Crippen LogP contribution in [0.15, 0.2) is 31.0 Å². The third kappa shape index (κ3) is 2.96. The molecule has 1 atom stereocenters. The maximum absolute atomic E-state index is 5.73. The molecule has 3 rings (SSSR count). The summed E-state index contributed by atoms with van der Waals surface area (Å²) in [4.78, 5) is 8.30. The van der Waals surface area contributed by atoms with Crippen LogP contribution in [0.4, 0.5) is 5.69 Å². The Labute approximate surface area is 118 Å². The molecule has 1 unspecified atom stereocenters. The summed E-state index contributed by atoms with van der Waals surface area (Å²) in [6, 6.07) is 4.38. The molecule has 106 valence electrons. The predicted octanol–water partition coefficient (Wildman–Crippen LogP) is 2.03. The van der Waals surface area contributed by atoms with Gasteiger partial charge in [-0.3, -0.25) is 0 Å². The van der Waals surface area contributed by atoms with Crippen molar-refractivity contribution in [2.45, 2.75) is 38.3 Å². The van der Waals surface area contributed by atoms with Gasteiger partial charge >= 0.3 is 0 Å². The summed E-state index contributed by atoms with van der Waals surface area (Å²) in [7, 11) is 0. The molecule has 6 nitrogen and oxygen atoms in total. The maximum Gasteiger partial charge on any atom is 0.155 e. The summed E-state index contributed by atoms with van der Waals surface area (Å²) >= 11 is 0. The van der Waals surface area contributed by atoms with Gasteiger partial charge in [0.15, 0.2) is 5.82 Å². The molecule has 0 spiro atoms. The first-order valence-electron chi connectivity index (χ1n) is 6.84. The Balaban J connectivity index is 1.66. The number of nitrogens with zero attached hydrogens (tertiary/aromatic N) is 4. The van der Waals surface area contributed by atoms with Crippen LogP contribution >= 0.6 is 0 Å². The third-order valence-corrected chi connectivity index (χ3v) is 3.47. The lowest BCUT2D eigenvalue weighted by Gasteiger charge is -2.36. The number of hydrogen-bond donors (Lipinski definition) is 1. The van der Waals surface area contributed by atoms with Gasteiger partial charge in [-0.15, -0.1) is 0 Å². The number of anilines is 1. The predicted molar refractivity (Wildman–Crippen MR) is 75.8 cm³/mol. The standard InChI is InChI=1S/C14H19N5O/c1-14(2)7-11(5-6-20-14)18-12-3-4-13(16-8-12)19-10-15-9-17-19/h3-4,8-11,18H,5-7H2,1-2H3. The van der Waals surface area contributed by atoms with Crippen LogP contribution in [0.5, 0.6) is 0 Å². The number of pyridine rings is 1. The minimum absolute atomic E-state index is 0.0516. The molecular weight excluding hydrogens is 254 g/mol. The van der Waals surface area contributed by atoms with Crippen LogP contribution in [-0.4, -0.2) is 38.0 Å². The maximum atomic E-state index is 5.73. The topological polar surface area (TPSA) is 64.9 Å². The van der Waals surface area contributed by atoms with Crippen molar-refractivity contribution < 1.29 is 4.74 Å². The van der Waals surface area contributed by atoms with E-state index < -0.39 is 0 Å². The second-order valence-electron chi connectivity index (χ2n) is 5.69. The van der Waals surface area contributed by atoms with E-state index in [2.05, 4.69) is 34.2 Å². The molecule has 6 heteroatoms. The summed E-state index contributed by atoms with van der Waals surface area (Å²) in [5.41, 5.74) is 0.973. The van der Waals surface area contributed by atoms with E-state index >= 15 is 0 Å². The molecule has 0 radical (unpaired) electrons. The number of ether oxygens (including phenoxy) is 1. The van der Waals surface area contributed by atoms with Crippen molar-refractivity contribution in [3.8, 4) is 5.82 Å². The minimum atomic E-state index is -0.0516. The van der Waals surface area contributed by atoms with E-state index in [1.165, 1.54) is 6.33 Å². The Morgan fingerprint density at radius 1 is 1.40 bits per heavy atom. The summed E-state index contributed by atoms with van der Waals surface area (Å²) in [6.07, 6.45) is 6.99. The van der Waals surface area contributed by atoms with Crippen LogP contribution in [0.3, 0.4) is 0 Å². The van der Waals surface area contributed by atoms with Crippen LogP contribution < -0.4 is 5.32 Å². The Morgan fingerprint density at radius 2 is 2.30 bits per heavy atom. The molecule has 0 aliphatic carbocycles. The number of rotatable bonds is 3.